The number of halogens is 3. The van der Waals surface area contributed by atoms with E-state index in [2.05, 4.69) is 9.68 Å². The van der Waals surface area contributed by atoms with Crippen LogP contribution >= 0.6 is 11.3 Å². The number of anilines is 1. The van der Waals surface area contributed by atoms with E-state index in [4.69, 9.17) is 0 Å². The first-order valence-corrected chi connectivity index (χ1v) is 10.9. The van der Waals surface area contributed by atoms with E-state index in [1.807, 2.05) is 0 Å². The van der Waals surface area contributed by atoms with Gasteiger partial charge < -0.3 is 14.2 Å². The van der Waals surface area contributed by atoms with E-state index in [9.17, 15) is 31.8 Å². The standard InChI is InChI=1S/C19H15F3N2O5S2/c20-19(21,22)15-9-13(23-29-15)14-7-8-16(30-14)24(31(27)28)17(10-5-6-10)11-3-1-2-4-12(11)18(25)26/h1-4,7-10,17H,5-6H2,(H,25,26)(H,27,28)/p-1. The van der Waals surface area contributed by atoms with Gasteiger partial charge in [-0.05, 0) is 42.5 Å². The average Bonchev–Trinajstić information content (AvgIpc) is 3.20. The summed E-state index contributed by atoms with van der Waals surface area (Å²) in [5.74, 6) is -2.51. The van der Waals surface area contributed by atoms with E-state index in [0.29, 0.717) is 5.56 Å². The molecule has 1 aliphatic carbocycles. The molecule has 1 N–H and O–H groups in total. The maximum absolute atomic E-state index is 12.8. The molecule has 0 aliphatic heterocycles. The maximum atomic E-state index is 12.8. The summed E-state index contributed by atoms with van der Waals surface area (Å²) >= 11 is -1.84. The van der Waals surface area contributed by atoms with Crippen molar-refractivity contribution in [2.75, 3.05) is 4.31 Å². The van der Waals surface area contributed by atoms with Crippen molar-refractivity contribution in [1.82, 2.24) is 5.16 Å². The van der Waals surface area contributed by atoms with Gasteiger partial charge >= 0.3 is 12.1 Å². The second-order valence-corrected chi connectivity index (χ2v) is 8.82. The Balaban J connectivity index is 1.73. The van der Waals surface area contributed by atoms with Gasteiger partial charge in [-0.15, -0.1) is 11.3 Å². The van der Waals surface area contributed by atoms with Gasteiger partial charge in [0.2, 0.25) is 5.76 Å². The summed E-state index contributed by atoms with van der Waals surface area (Å²) in [6.07, 6.45) is -3.24. The molecule has 1 fully saturated rings. The first-order chi connectivity index (χ1) is 14.7. The number of benzene rings is 1. The second kappa shape index (κ2) is 8.09. The van der Waals surface area contributed by atoms with Crippen molar-refractivity contribution in [2.45, 2.75) is 25.1 Å². The Hall–Kier alpha value is -2.70. The summed E-state index contributed by atoms with van der Waals surface area (Å²) in [5.41, 5.74) is 0.282. The molecule has 0 spiro atoms. The Labute approximate surface area is 180 Å². The lowest BCUT2D eigenvalue weighted by Gasteiger charge is -2.34. The van der Waals surface area contributed by atoms with Crippen LogP contribution in [0.4, 0.5) is 18.2 Å². The molecule has 2 atom stereocenters. The van der Waals surface area contributed by atoms with Crippen molar-refractivity contribution in [3.63, 3.8) is 0 Å². The number of hydrogen-bond donors (Lipinski definition) is 1. The quantitative estimate of drug-likeness (QED) is 0.493. The Kier molecular flexibility index (Phi) is 5.62. The smallest absolute Gasteiger partial charge is 0.452 e. The number of carboxylic acids is 1. The minimum atomic E-state index is -4.69. The number of rotatable bonds is 7. The normalized spacial score (nSPS) is 16.1. The van der Waals surface area contributed by atoms with E-state index >= 15 is 0 Å². The monoisotopic (exact) mass is 471 g/mol. The number of aromatic carboxylic acids is 1. The number of hydrogen-bond acceptors (Lipinski definition) is 6. The van der Waals surface area contributed by atoms with Gasteiger partial charge in [0.05, 0.1) is 16.5 Å². The topological polar surface area (TPSA) is 107 Å². The molecule has 164 valence electrons. The number of thiophene rings is 1. The first-order valence-electron chi connectivity index (χ1n) is 9.01. The van der Waals surface area contributed by atoms with Crippen LogP contribution in [0, 0.1) is 5.92 Å². The van der Waals surface area contributed by atoms with Crippen molar-refractivity contribution in [1.29, 1.82) is 0 Å². The molecule has 12 heteroatoms. The van der Waals surface area contributed by atoms with Gasteiger partial charge in [-0.25, -0.2) is 4.79 Å². The van der Waals surface area contributed by atoms with Crippen molar-refractivity contribution in [3.8, 4) is 10.6 Å². The fourth-order valence-electron chi connectivity index (χ4n) is 3.35. The predicted octanol–water partition coefficient (Wildman–Crippen LogP) is 4.87. The van der Waals surface area contributed by atoms with Gasteiger partial charge in [0, 0.05) is 17.3 Å². The van der Waals surface area contributed by atoms with Crippen molar-refractivity contribution >= 4 is 33.6 Å². The van der Waals surface area contributed by atoms with Crippen LogP contribution in [0.3, 0.4) is 0 Å². The van der Waals surface area contributed by atoms with E-state index in [0.717, 1.165) is 34.6 Å². The minimum Gasteiger partial charge on any atom is -0.755 e. The fourth-order valence-corrected chi connectivity index (χ4v) is 5.22. The molecule has 1 aliphatic rings. The zero-order valence-electron chi connectivity index (χ0n) is 15.5. The van der Waals surface area contributed by atoms with Gasteiger partial charge in [0.25, 0.3) is 0 Å². The first kappa shape index (κ1) is 21.5. The number of carbonyl (C=O) groups is 1. The van der Waals surface area contributed by atoms with Crippen LogP contribution in [0.25, 0.3) is 10.6 Å². The molecular formula is C19H14F3N2O5S2-. The Morgan fingerprint density at radius 2 is 2.00 bits per heavy atom. The van der Waals surface area contributed by atoms with Crippen LogP contribution in [0.1, 0.15) is 40.6 Å². The molecule has 0 amide bonds. The van der Waals surface area contributed by atoms with Gasteiger partial charge in [-0.1, -0.05) is 23.4 Å². The molecule has 0 saturated heterocycles. The summed E-state index contributed by atoms with van der Waals surface area (Å²) in [4.78, 5) is 12.0. The lowest BCUT2D eigenvalue weighted by atomic mass is 9.97. The molecule has 0 bridgehead atoms. The third kappa shape index (κ3) is 4.36. The molecule has 2 unspecified atom stereocenters. The molecule has 7 nitrogen and oxygen atoms in total. The zero-order chi connectivity index (χ0) is 22.3. The lowest BCUT2D eigenvalue weighted by molar-refractivity contribution is -0.155. The number of aromatic nitrogens is 1. The molecule has 4 rings (SSSR count). The highest BCUT2D eigenvalue weighted by molar-refractivity contribution is 7.81. The van der Waals surface area contributed by atoms with Crippen LogP contribution in [0.2, 0.25) is 0 Å². The van der Waals surface area contributed by atoms with Crippen LogP contribution < -0.4 is 4.31 Å². The molecule has 0 radical (unpaired) electrons. The lowest BCUT2D eigenvalue weighted by Crippen LogP contribution is -2.32. The van der Waals surface area contributed by atoms with Gasteiger partial charge in [-0.2, -0.15) is 13.2 Å². The minimum absolute atomic E-state index is 0.00190. The number of nitrogens with zero attached hydrogens (tertiary/aromatic N) is 2. The third-order valence-corrected chi connectivity index (χ3v) is 6.81. The van der Waals surface area contributed by atoms with Crippen LogP contribution in [0.5, 0.6) is 0 Å². The van der Waals surface area contributed by atoms with E-state index < -0.39 is 35.2 Å². The maximum Gasteiger partial charge on any atom is 0.452 e. The summed E-state index contributed by atoms with van der Waals surface area (Å²) < 4.78 is 68.2. The highest BCUT2D eigenvalue weighted by atomic mass is 32.2. The van der Waals surface area contributed by atoms with Crippen LogP contribution in [-0.4, -0.2) is 25.0 Å². The highest BCUT2D eigenvalue weighted by Gasteiger charge is 2.40. The van der Waals surface area contributed by atoms with E-state index in [1.165, 1.54) is 18.2 Å². The average molecular weight is 471 g/mol. The van der Waals surface area contributed by atoms with Crippen molar-refractivity contribution < 1.29 is 36.4 Å². The van der Waals surface area contributed by atoms with Crippen LogP contribution in [0.15, 0.2) is 47.0 Å². The zero-order valence-corrected chi connectivity index (χ0v) is 17.2. The SMILES string of the molecule is O=C(O)c1ccccc1C(C1CC1)N(c1ccc(-c2cc(C(F)(F)F)on2)s1)S(=O)[O-]. The molecule has 2 heterocycles. The highest BCUT2D eigenvalue weighted by Crippen LogP contribution is 2.49. The van der Waals surface area contributed by atoms with E-state index in [1.54, 1.807) is 18.2 Å². The van der Waals surface area contributed by atoms with Gasteiger partial charge in [0.1, 0.15) is 10.7 Å². The largest absolute Gasteiger partial charge is 0.755 e. The number of carboxylic acid groups (broad SMARTS) is 1. The Morgan fingerprint density at radius 3 is 2.58 bits per heavy atom. The van der Waals surface area contributed by atoms with Crippen molar-refractivity contribution in [3.05, 3.63) is 59.4 Å². The summed E-state index contributed by atoms with van der Waals surface area (Å²) in [7, 11) is 0. The molecule has 3 aromatic rings. The summed E-state index contributed by atoms with van der Waals surface area (Å²) in [6.45, 7) is 0. The Morgan fingerprint density at radius 1 is 1.29 bits per heavy atom. The third-order valence-electron chi connectivity index (χ3n) is 4.84. The van der Waals surface area contributed by atoms with Crippen LogP contribution in [-0.2, 0) is 17.4 Å². The van der Waals surface area contributed by atoms with Gasteiger partial charge in [-0.3, -0.25) is 8.51 Å². The number of alkyl halides is 3. The molecule has 31 heavy (non-hydrogen) atoms. The fraction of sp³-hybridized carbons (Fsp3) is 0.263. The predicted molar refractivity (Wildman–Crippen MR) is 105 cm³/mol. The molecular weight excluding hydrogens is 457 g/mol. The van der Waals surface area contributed by atoms with Crippen molar-refractivity contribution in [2.24, 2.45) is 5.92 Å². The summed E-state index contributed by atoms with van der Waals surface area (Å²) in [5, 5.41) is 13.2. The molecule has 1 saturated carbocycles. The summed E-state index contributed by atoms with van der Waals surface area (Å²) in [6, 6.07) is 9.08. The van der Waals surface area contributed by atoms with E-state index in [-0.39, 0.29) is 27.1 Å². The molecule has 1 aromatic carbocycles. The Bertz CT molecular complexity index is 1140. The second-order valence-electron chi connectivity index (χ2n) is 6.93. The van der Waals surface area contributed by atoms with Gasteiger partial charge in [0.15, 0.2) is 0 Å². The molecule has 2 aromatic heterocycles.